The molecule has 0 amide bonds. The van der Waals surface area contributed by atoms with Gasteiger partial charge in [-0.1, -0.05) is 189 Å². The predicted molar refractivity (Wildman–Crippen MR) is 237 cm³/mol. The number of ether oxygens (including phenoxy) is 3. The van der Waals surface area contributed by atoms with Crippen molar-refractivity contribution in [2.75, 3.05) is 13.2 Å². The lowest BCUT2D eigenvalue weighted by molar-refractivity contribution is -0.166. The monoisotopic (exact) mass is 779 g/mol. The first kappa shape index (κ1) is 52.6. The van der Waals surface area contributed by atoms with Gasteiger partial charge in [-0.25, -0.2) is 0 Å². The van der Waals surface area contributed by atoms with Gasteiger partial charge in [0.2, 0.25) is 0 Å². The van der Waals surface area contributed by atoms with E-state index in [9.17, 15) is 14.4 Å². The van der Waals surface area contributed by atoms with E-state index in [1.54, 1.807) is 6.08 Å². The zero-order valence-electron chi connectivity index (χ0n) is 36.1. The Bertz CT molecular complexity index is 1120. The molecule has 0 aliphatic carbocycles. The van der Waals surface area contributed by atoms with E-state index in [2.05, 4.69) is 93.7 Å². The van der Waals surface area contributed by atoms with Crippen LogP contribution in [0.1, 0.15) is 194 Å². The second-order valence-electron chi connectivity index (χ2n) is 14.6. The third kappa shape index (κ3) is 41.7. The van der Waals surface area contributed by atoms with Crippen LogP contribution >= 0.6 is 0 Å². The van der Waals surface area contributed by atoms with E-state index < -0.39 is 12.1 Å². The maximum Gasteiger partial charge on any atom is 0.309 e. The first-order valence-electron chi connectivity index (χ1n) is 22.6. The minimum atomic E-state index is -0.821. The summed E-state index contributed by atoms with van der Waals surface area (Å²) in [7, 11) is 0. The van der Waals surface area contributed by atoms with Gasteiger partial charge in [0.1, 0.15) is 13.2 Å². The Balaban J connectivity index is 4.48. The maximum absolute atomic E-state index is 12.7. The molecule has 0 bridgehead atoms. The molecule has 1 unspecified atom stereocenters. The van der Waals surface area contributed by atoms with Crippen LogP contribution < -0.4 is 0 Å². The summed E-state index contributed by atoms with van der Waals surface area (Å²) in [6.07, 6.45) is 56.0. The third-order valence-corrected chi connectivity index (χ3v) is 9.18. The predicted octanol–water partition coefficient (Wildman–Crippen LogP) is 14.5. The molecule has 1 atom stereocenters. The zero-order chi connectivity index (χ0) is 40.8. The Hall–Kier alpha value is -3.41. The number of allylic oxidation sites excluding steroid dienone is 13. The van der Waals surface area contributed by atoms with Gasteiger partial charge in [0, 0.05) is 12.8 Å². The number of rotatable bonds is 39. The zero-order valence-corrected chi connectivity index (χ0v) is 36.1. The second kappa shape index (κ2) is 44.3. The molecule has 6 nitrogen and oxygen atoms in total. The summed E-state index contributed by atoms with van der Waals surface area (Å²) in [4.78, 5) is 37.6. The van der Waals surface area contributed by atoms with Crippen LogP contribution in [-0.4, -0.2) is 37.2 Å². The number of hydrogen-bond acceptors (Lipinski definition) is 6. The molecule has 0 fully saturated rings. The van der Waals surface area contributed by atoms with E-state index in [-0.39, 0.29) is 31.6 Å². The molecule has 6 heteroatoms. The van der Waals surface area contributed by atoms with Crippen LogP contribution in [0.25, 0.3) is 0 Å². The Morgan fingerprint density at radius 3 is 1.25 bits per heavy atom. The summed E-state index contributed by atoms with van der Waals surface area (Å²) in [6.45, 7) is 6.26. The molecule has 0 heterocycles. The molecule has 0 aromatic rings. The minimum Gasteiger partial charge on any atom is -0.462 e. The van der Waals surface area contributed by atoms with Crippen molar-refractivity contribution in [1.82, 2.24) is 0 Å². The average molecular weight is 779 g/mol. The normalized spacial score (nSPS) is 12.8. The molecule has 0 saturated heterocycles. The van der Waals surface area contributed by atoms with Gasteiger partial charge in [-0.3, -0.25) is 14.4 Å². The van der Waals surface area contributed by atoms with E-state index in [1.165, 1.54) is 64.2 Å². The smallest absolute Gasteiger partial charge is 0.309 e. The summed E-state index contributed by atoms with van der Waals surface area (Å²) < 4.78 is 16.6. The highest BCUT2D eigenvalue weighted by atomic mass is 16.6. The Kier molecular flexibility index (Phi) is 41.6. The van der Waals surface area contributed by atoms with Crippen LogP contribution in [0.15, 0.2) is 85.1 Å². The lowest BCUT2D eigenvalue weighted by Gasteiger charge is -2.18. The van der Waals surface area contributed by atoms with Gasteiger partial charge < -0.3 is 14.2 Å². The maximum atomic E-state index is 12.7. The molecule has 0 saturated carbocycles. The van der Waals surface area contributed by atoms with E-state index >= 15 is 0 Å². The molecule has 0 radical (unpaired) electrons. The van der Waals surface area contributed by atoms with Gasteiger partial charge in [-0.05, 0) is 70.6 Å². The van der Waals surface area contributed by atoms with Gasteiger partial charge in [0.05, 0.1) is 6.42 Å². The Morgan fingerprint density at radius 1 is 0.393 bits per heavy atom. The fourth-order valence-corrected chi connectivity index (χ4v) is 5.85. The highest BCUT2D eigenvalue weighted by Gasteiger charge is 2.19. The van der Waals surface area contributed by atoms with Crippen molar-refractivity contribution in [2.24, 2.45) is 0 Å². The molecule has 0 aromatic carbocycles. The van der Waals surface area contributed by atoms with Gasteiger partial charge in [-0.15, -0.1) is 0 Å². The molecule has 0 spiro atoms. The van der Waals surface area contributed by atoms with Crippen LogP contribution in [0.3, 0.4) is 0 Å². The second-order valence-corrected chi connectivity index (χ2v) is 14.6. The van der Waals surface area contributed by atoms with Crippen molar-refractivity contribution in [3.05, 3.63) is 85.1 Å². The quantitative estimate of drug-likeness (QED) is 0.0268. The molecular weight excluding hydrogens is 697 g/mol. The summed E-state index contributed by atoms with van der Waals surface area (Å²) in [5.41, 5.74) is 0. The van der Waals surface area contributed by atoms with Crippen molar-refractivity contribution in [3.63, 3.8) is 0 Å². The van der Waals surface area contributed by atoms with E-state index in [4.69, 9.17) is 14.2 Å². The summed E-state index contributed by atoms with van der Waals surface area (Å²) >= 11 is 0. The van der Waals surface area contributed by atoms with E-state index in [1.807, 2.05) is 6.08 Å². The molecule has 0 rings (SSSR count). The van der Waals surface area contributed by atoms with E-state index in [0.29, 0.717) is 12.8 Å². The number of esters is 3. The van der Waals surface area contributed by atoms with E-state index in [0.717, 1.165) is 89.9 Å². The Labute approximate surface area is 344 Å². The van der Waals surface area contributed by atoms with Crippen molar-refractivity contribution in [3.8, 4) is 0 Å². The van der Waals surface area contributed by atoms with Crippen LogP contribution in [-0.2, 0) is 28.6 Å². The summed E-state index contributed by atoms with van der Waals surface area (Å²) in [5.74, 6) is -1.08. The summed E-state index contributed by atoms with van der Waals surface area (Å²) in [6, 6.07) is 0. The fourth-order valence-electron chi connectivity index (χ4n) is 5.85. The molecule has 318 valence electrons. The number of hydrogen-bond donors (Lipinski definition) is 0. The fraction of sp³-hybridized carbons (Fsp3) is 0.660. The molecular formula is C50H82O6. The largest absolute Gasteiger partial charge is 0.462 e. The van der Waals surface area contributed by atoms with Crippen LogP contribution in [0.4, 0.5) is 0 Å². The van der Waals surface area contributed by atoms with Crippen molar-refractivity contribution >= 4 is 17.9 Å². The van der Waals surface area contributed by atoms with Gasteiger partial charge in [0.25, 0.3) is 0 Å². The van der Waals surface area contributed by atoms with Crippen molar-refractivity contribution in [1.29, 1.82) is 0 Å². The molecule has 0 aliphatic rings. The number of carbonyl (C=O) groups excluding carboxylic acids is 3. The van der Waals surface area contributed by atoms with Gasteiger partial charge >= 0.3 is 17.9 Å². The number of carbonyl (C=O) groups is 3. The van der Waals surface area contributed by atoms with Crippen LogP contribution in [0, 0.1) is 0 Å². The first-order chi connectivity index (χ1) is 27.5. The average Bonchev–Trinajstić information content (AvgIpc) is 3.19. The van der Waals surface area contributed by atoms with Crippen LogP contribution in [0.5, 0.6) is 0 Å². The SMILES string of the molecule is CC/C=C\C/C=C\C/C=C\C/C=C\CCCCCC(=O)OCC(COC(=O)C/C=C\C/C=C\C/C=C\CC)OC(=O)CCCCCCCCCCCCCCC. The molecule has 0 N–H and O–H groups in total. The standard InChI is InChI=1S/C50H82O6/c1-4-7-10-13-16-19-21-23-24-25-27-28-31-34-37-40-43-49(52)55-46-47(45-54-48(51)42-39-36-33-30-18-15-12-9-6-3)56-50(53)44-41-38-35-32-29-26-22-20-17-14-11-8-5-2/h7,9-10,12,16,18-19,23-24,27-28,30,36,39,47H,4-6,8,11,13-15,17,20-22,25-26,29,31-35,37-38,40-46H2,1-3H3/b10-7-,12-9-,19-16-,24-23-,28-27-,30-18-,39-36-. The summed E-state index contributed by atoms with van der Waals surface area (Å²) in [5, 5.41) is 0. The lowest BCUT2D eigenvalue weighted by Crippen LogP contribution is -2.30. The Morgan fingerprint density at radius 2 is 0.768 bits per heavy atom. The minimum absolute atomic E-state index is 0.120. The van der Waals surface area contributed by atoms with Crippen molar-refractivity contribution in [2.45, 2.75) is 200 Å². The first-order valence-corrected chi connectivity index (χ1v) is 22.6. The highest BCUT2D eigenvalue weighted by molar-refractivity contribution is 5.72. The third-order valence-electron chi connectivity index (χ3n) is 9.18. The molecule has 0 aromatic heterocycles. The molecule has 0 aliphatic heterocycles. The van der Waals surface area contributed by atoms with Gasteiger partial charge in [-0.2, -0.15) is 0 Å². The lowest BCUT2D eigenvalue weighted by atomic mass is 10.0. The highest BCUT2D eigenvalue weighted by Crippen LogP contribution is 2.14. The topological polar surface area (TPSA) is 78.9 Å². The van der Waals surface area contributed by atoms with Crippen molar-refractivity contribution < 1.29 is 28.6 Å². The van der Waals surface area contributed by atoms with Gasteiger partial charge in [0.15, 0.2) is 6.10 Å². The number of unbranched alkanes of at least 4 members (excludes halogenated alkanes) is 15. The van der Waals surface area contributed by atoms with Crippen LogP contribution in [0.2, 0.25) is 0 Å². The molecule has 56 heavy (non-hydrogen) atoms.